The van der Waals surface area contributed by atoms with E-state index in [1.165, 1.54) is 25.7 Å². The summed E-state index contributed by atoms with van der Waals surface area (Å²) < 4.78 is 16.0. The predicted molar refractivity (Wildman–Crippen MR) is 77.7 cm³/mol. The number of rotatable bonds is 4. The summed E-state index contributed by atoms with van der Waals surface area (Å²) in [5, 5.41) is 3.06. The van der Waals surface area contributed by atoms with E-state index in [9.17, 15) is 4.79 Å². The maximum absolute atomic E-state index is 11.9. The van der Waals surface area contributed by atoms with Crippen molar-refractivity contribution in [1.82, 2.24) is 5.32 Å². The van der Waals surface area contributed by atoms with Gasteiger partial charge < -0.3 is 19.5 Å². The van der Waals surface area contributed by atoms with Gasteiger partial charge >= 0.3 is 0 Å². The molecule has 21 heavy (non-hydrogen) atoms. The van der Waals surface area contributed by atoms with E-state index in [-0.39, 0.29) is 19.3 Å². The van der Waals surface area contributed by atoms with Gasteiger partial charge in [-0.15, -0.1) is 0 Å². The lowest BCUT2D eigenvalue weighted by molar-refractivity contribution is -0.123. The zero-order valence-electron chi connectivity index (χ0n) is 12.1. The Labute approximate surface area is 124 Å². The number of amides is 1. The van der Waals surface area contributed by atoms with Crippen molar-refractivity contribution in [3.63, 3.8) is 0 Å². The first-order valence-electron chi connectivity index (χ1n) is 7.63. The van der Waals surface area contributed by atoms with Crippen LogP contribution in [0.1, 0.15) is 38.5 Å². The first-order chi connectivity index (χ1) is 10.3. The van der Waals surface area contributed by atoms with Crippen LogP contribution in [0.25, 0.3) is 0 Å². The second kappa shape index (κ2) is 6.70. The Balaban J connectivity index is 1.47. The molecule has 5 nitrogen and oxygen atoms in total. The minimum Gasteiger partial charge on any atom is -0.484 e. The lowest BCUT2D eigenvalue weighted by Crippen LogP contribution is -2.37. The molecule has 1 saturated carbocycles. The minimum atomic E-state index is -0.0560. The fraction of sp³-hybridized carbons (Fsp3) is 0.562. The first kappa shape index (κ1) is 14.0. The predicted octanol–water partition coefficient (Wildman–Crippen LogP) is 2.63. The Morgan fingerprint density at radius 1 is 1.14 bits per heavy atom. The molecule has 0 bridgehead atoms. The van der Waals surface area contributed by atoms with Gasteiger partial charge in [0.25, 0.3) is 5.91 Å². The summed E-state index contributed by atoms with van der Waals surface area (Å²) in [7, 11) is 0. The highest BCUT2D eigenvalue weighted by Gasteiger charge is 2.16. The standard InChI is InChI=1S/C16H21NO4/c18-16(17-12-5-3-1-2-4-6-12)10-19-13-7-8-14-15(9-13)21-11-20-14/h7-9,12H,1-6,10-11H2,(H,17,18). The van der Waals surface area contributed by atoms with Gasteiger partial charge in [-0.1, -0.05) is 25.7 Å². The zero-order valence-corrected chi connectivity index (χ0v) is 12.1. The summed E-state index contributed by atoms with van der Waals surface area (Å²) in [4.78, 5) is 11.9. The third-order valence-corrected chi connectivity index (χ3v) is 3.93. The molecule has 1 aliphatic carbocycles. The van der Waals surface area contributed by atoms with Crippen LogP contribution in [0, 0.1) is 0 Å². The second-order valence-electron chi connectivity index (χ2n) is 5.56. The van der Waals surface area contributed by atoms with Crippen molar-refractivity contribution in [3.8, 4) is 17.2 Å². The molecular formula is C16H21NO4. The van der Waals surface area contributed by atoms with Crippen molar-refractivity contribution in [2.45, 2.75) is 44.6 Å². The van der Waals surface area contributed by atoms with Gasteiger partial charge in [0, 0.05) is 12.1 Å². The maximum atomic E-state index is 11.9. The van der Waals surface area contributed by atoms with Crippen molar-refractivity contribution < 1.29 is 19.0 Å². The number of ether oxygens (including phenoxy) is 3. The maximum Gasteiger partial charge on any atom is 0.258 e. The molecule has 1 aliphatic heterocycles. The summed E-state index contributed by atoms with van der Waals surface area (Å²) in [5.41, 5.74) is 0. The van der Waals surface area contributed by atoms with Gasteiger partial charge in [-0.05, 0) is 25.0 Å². The molecule has 1 fully saturated rings. The van der Waals surface area contributed by atoms with E-state index >= 15 is 0 Å². The molecule has 0 atom stereocenters. The van der Waals surface area contributed by atoms with Crippen LogP contribution in [0.2, 0.25) is 0 Å². The molecule has 1 aromatic rings. The van der Waals surface area contributed by atoms with E-state index in [1.807, 2.05) is 0 Å². The Morgan fingerprint density at radius 2 is 1.90 bits per heavy atom. The Bertz CT molecular complexity index is 495. The van der Waals surface area contributed by atoms with Crippen molar-refractivity contribution in [1.29, 1.82) is 0 Å². The summed E-state index contributed by atoms with van der Waals surface area (Å²) in [5.74, 6) is 1.94. The van der Waals surface area contributed by atoms with Crippen LogP contribution in [0.4, 0.5) is 0 Å². The third-order valence-electron chi connectivity index (χ3n) is 3.93. The van der Waals surface area contributed by atoms with Gasteiger partial charge in [0.05, 0.1) is 0 Å². The van der Waals surface area contributed by atoms with E-state index in [2.05, 4.69) is 5.32 Å². The van der Waals surface area contributed by atoms with Crippen LogP contribution >= 0.6 is 0 Å². The molecule has 1 N–H and O–H groups in total. The highest BCUT2D eigenvalue weighted by molar-refractivity contribution is 5.77. The third kappa shape index (κ3) is 3.80. The minimum absolute atomic E-state index is 0.0378. The van der Waals surface area contributed by atoms with Gasteiger partial charge in [0.15, 0.2) is 18.1 Å². The van der Waals surface area contributed by atoms with Crippen LogP contribution in [0.5, 0.6) is 17.2 Å². The summed E-state index contributed by atoms with van der Waals surface area (Å²) in [6, 6.07) is 5.63. The smallest absolute Gasteiger partial charge is 0.258 e. The molecule has 1 amide bonds. The molecule has 0 spiro atoms. The van der Waals surface area contributed by atoms with Gasteiger partial charge in [-0.2, -0.15) is 0 Å². The van der Waals surface area contributed by atoms with E-state index in [0.29, 0.717) is 23.3 Å². The van der Waals surface area contributed by atoms with Gasteiger partial charge in [-0.3, -0.25) is 4.79 Å². The van der Waals surface area contributed by atoms with Crippen molar-refractivity contribution >= 4 is 5.91 Å². The highest BCUT2D eigenvalue weighted by Crippen LogP contribution is 2.35. The Morgan fingerprint density at radius 3 is 2.71 bits per heavy atom. The van der Waals surface area contributed by atoms with Crippen LogP contribution < -0.4 is 19.5 Å². The van der Waals surface area contributed by atoms with Gasteiger partial charge in [0.1, 0.15) is 5.75 Å². The van der Waals surface area contributed by atoms with Crippen LogP contribution in [-0.4, -0.2) is 25.3 Å². The van der Waals surface area contributed by atoms with Crippen LogP contribution in [-0.2, 0) is 4.79 Å². The number of hydrogen-bond donors (Lipinski definition) is 1. The number of fused-ring (bicyclic) bond motifs is 1. The number of carbonyl (C=O) groups is 1. The summed E-state index contributed by atoms with van der Waals surface area (Å²) >= 11 is 0. The van der Waals surface area contributed by atoms with Crippen molar-refractivity contribution in [2.75, 3.05) is 13.4 Å². The molecule has 0 unspecified atom stereocenters. The first-order valence-corrected chi connectivity index (χ1v) is 7.63. The number of nitrogens with one attached hydrogen (secondary N) is 1. The molecule has 5 heteroatoms. The Hall–Kier alpha value is -1.91. The zero-order chi connectivity index (χ0) is 14.5. The summed E-state index contributed by atoms with van der Waals surface area (Å²) in [6.07, 6.45) is 7.12. The normalized spacial score (nSPS) is 18.1. The molecule has 2 aliphatic rings. The second-order valence-corrected chi connectivity index (χ2v) is 5.56. The lowest BCUT2D eigenvalue weighted by atomic mass is 10.1. The van der Waals surface area contributed by atoms with Gasteiger partial charge in [0.2, 0.25) is 6.79 Å². The molecule has 1 aromatic carbocycles. The fourth-order valence-electron chi connectivity index (χ4n) is 2.81. The number of hydrogen-bond acceptors (Lipinski definition) is 4. The average Bonchev–Trinajstić information content (AvgIpc) is 2.81. The summed E-state index contributed by atoms with van der Waals surface area (Å²) in [6.45, 7) is 0.275. The van der Waals surface area contributed by atoms with Gasteiger partial charge in [-0.25, -0.2) is 0 Å². The largest absolute Gasteiger partial charge is 0.484 e. The van der Waals surface area contributed by atoms with E-state index in [0.717, 1.165) is 12.8 Å². The fourth-order valence-corrected chi connectivity index (χ4v) is 2.81. The monoisotopic (exact) mass is 291 g/mol. The van der Waals surface area contributed by atoms with E-state index in [1.54, 1.807) is 18.2 Å². The topological polar surface area (TPSA) is 56.8 Å². The molecule has 1 heterocycles. The number of carbonyl (C=O) groups excluding carboxylic acids is 1. The van der Waals surface area contributed by atoms with Crippen LogP contribution in [0.3, 0.4) is 0 Å². The van der Waals surface area contributed by atoms with Crippen molar-refractivity contribution in [3.05, 3.63) is 18.2 Å². The molecular weight excluding hydrogens is 270 g/mol. The molecule has 0 radical (unpaired) electrons. The van der Waals surface area contributed by atoms with E-state index in [4.69, 9.17) is 14.2 Å². The van der Waals surface area contributed by atoms with Crippen molar-refractivity contribution in [2.24, 2.45) is 0 Å². The molecule has 3 rings (SSSR count). The van der Waals surface area contributed by atoms with E-state index < -0.39 is 0 Å². The Kier molecular flexibility index (Phi) is 4.48. The highest BCUT2D eigenvalue weighted by atomic mass is 16.7. The molecule has 114 valence electrons. The quantitative estimate of drug-likeness (QED) is 0.866. The average molecular weight is 291 g/mol. The number of benzene rings is 1. The molecule has 0 saturated heterocycles. The van der Waals surface area contributed by atoms with Crippen LogP contribution in [0.15, 0.2) is 18.2 Å². The molecule has 0 aromatic heterocycles. The lowest BCUT2D eigenvalue weighted by Gasteiger charge is -2.16. The SMILES string of the molecule is O=C(COc1ccc2c(c1)OCO2)NC1CCCCCC1.